The molecule has 1 aliphatic rings. The van der Waals surface area contributed by atoms with E-state index in [-0.39, 0.29) is 38.3 Å². The van der Waals surface area contributed by atoms with Crippen LogP contribution in [0.4, 0.5) is 17.6 Å². The molecule has 0 atom stereocenters. The Morgan fingerprint density at radius 3 is 2.27 bits per heavy atom. The van der Waals surface area contributed by atoms with Crippen molar-refractivity contribution < 1.29 is 22.4 Å². The summed E-state index contributed by atoms with van der Waals surface area (Å²) in [6, 6.07) is 9.62. The van der Waals surface area contributed by atoms with Crippen LogP contribution in [0.25, 0.3) is 0 Å². The molecule has 0 radical (unpaired) electrons. The van der Waals surface area contributed by atoms with Crippen molar-refractivity contribution in [2.75, 3.05) is 13.1 Å². The van der Waals surface area contributed by atoms with E-state index in [1.165, 1.54) is 12.1 Å². The van der Waals surface area contributed by atoms with E-state index in [0.29, 0.717) is 11.3 Å². The van der Waals surface area contributed by atoms with Crippen LogP contribution in [0.2, 0.25) is 0 Å². The van der Waals surface area contributed by atoms with Gasteiger partial charge in [-0.25, -0.2) is 4.39 Å². The summed E-state index contributed by atoms with van der Waals surface area (Å²) in [5.41, 5.74) is -1.42. The topological polar surface area (TPSA) is 33.2 Å². The minimum Gasteiger partial charge on any atom is -0.342 e. The zero-order chi connectivity index (χ0) is 18.8. The summed E-state index contributed by atoms with van der Waals surface area (Å²) in [4.78, 5) is 18.0. The number of rotatable bonds is 3. The number of carbonyl (C=O) groups excluding carboxylic acids is 1. The van der Waals surface area contributed by atoms with Crippen LogP contribution in [-0.2, 0) is 23.1 Å². The van der Waals surface area contributed by atoms with Gasteiger partial charge in [-0.2, -0.15) is 13.2 Å². The minimum atomic E-state index is -4.40. The maximum atomic E-state index is 15.0. The molecule has 7 heteroatoms. The number of halogens is 4. The second kappa shape index (κ2) is 7.05. The fourth-order valence-electron chi connectivity index (χ4n) is 3.09. The molecular formula is C19H18F4N2O. The summed E-state index contributed by atoms with van der Waals surface area (Å²) in [5.74, 6) is -0.215. The van der Waals surface area contributed by atoms with E-state index in [1.54, 1.807) is 29.3 Å². The summed E-state index contributed by atoms with van der Waals surface area (Å²) < 4.78 is 52.7. The number of benzene rings is 1. The van der Waals surface area contributed by atoms with E-state index in [2.05, 4.69) is 4.98 Å². The summed E-state index contributed by atoms with van der Waals surface area (Å²) in [5, 5.41) is 0. The minimum absolute atomic E-state index is 0.00100. The van der Waals surface area contributed by atoms with Crippen molar-refractivity contribution >= 4 is 5.91 Å². The lowest BCUT2D eigenvalue weighted by Crippen LogP contribution is -2.44. The van der Waals surface area contributed by atoms with E-state index < -0.39 is 17.4 Å². The van der Waals surface area contributed by atoms with Gasteiger partial charge in [-0.1, -0.05) is 18.2 Å². The van der Waals surface area contributed by atoms with Crippen molar-refractivity contribution in [3.8, 4) is 0 Å². The average Bonchev–Trinajstić information content (AvgIpc) is 2.63. The number of likely N-dealkylation sites (tertiary alicyclic amines) is 1. The maximum Gasteiger partial charge on any atom is 0.416 e. The average molecular weight is 366 g/mol. The molecule has 0 aliphatic carbocycles. The van der Waals surface area contributed by atoms with E-state index in [4.69, 9.17) is 0 Å². The number of hydrogen-bond acceptors (Lipinski definition) is 2. The van der Waals surface area contributed by atoms with Crippen molar-refractivity contribution in [1.82, 2.24) is 9.88 Å². The van der Waals surface area contributed by atoms with E-state index in [9.17, 15) is 18.0 Å². The van der Waals surface area contributed by atoms with Gasteiger partial charge in [0.05, 0.1) is 17.7 Å². The Labute approximate surface area is 148 Å². The van der Waals surface area contributed by atoms with Gasteiger partial charge in [0.2, 0.25) is 5.91 Å². The van der Waals surface area contributed by atoms with Crippen LogP contribution in [0, 0.1) is 0 Å². The lowest BCUT2D eigenvalue weighted by Gasteiger charge is -2.36. The SMILES string of the molecule is O=C(Cc1ccc(C(F)(F)F)cc1)N1CCC(F)(c2ccccn2)CC1. The zero-order valence-electron chi connectivity index (χ0n) is 14.0. The first-order chi connectivity index (χ1) is 12.3. The molecular weight excluding hydrogens is 348 g/mol. The Kier molecular flexibility index (Phi) is 4.98. The molecule has 3 nitrogen and oxygen atoms in total. The van der Waals surface area contributed by atoms with Crippen LogP contribution in [0.15, 0.2) is 48.7 Å². The first-order valence-corrected chi connectivity index (χ1v) is 8.32. The molecule has 1 amide bonds. The van der Waals surface area contributed by atoms with Gasteiger partial charge in [0.15, 0.2) is 5.67 Å². The van der Waals surface area contributed by atoms with Gasteiger partial charge in [0, 0.05) is 32.1 Å². The number of alkyl halides is 4. The largest absolute Gasteiger partial charge is 0.416 e. The molecule has 0 N–H and O–H groups in total. The number of carbonyl (C=O) groups is 1. The van der Waals surface area contributed by atoms with Gasteiger partial charge in [-0.05, 0) is 29.8 Å². The van der Waals surface area contributed by atoms with Crippen LogP contribution in [0.1, 0.15) is 29.7 Å². The third kappa shape index (κ3) is 4.03. The number of nitrogens with zero attached hydrogens (tertiary/aromatic N) is 2. The summed E-state index contributed by atoms with van der Waals surface area (Å²) in [6.07, 6.45) is -2.54. The lowest BCUT2D eigenvalue weighted by atomic mass is 9.89. The molecule has 3 rings (SSSR count). The summed E-state index contributed by atoms with van der Waals surface area (Å²) in [6.45, 7) is 0.513. The van der Waals surface area contributed by atoms with E-state index in [1.807, 2.05) is 0 Å². The Balaban J connectivity index is 1.59. The number of hydrogen-bond donors (Lipinski definition) is 0. The van der Waals surface area contributed by atoms with Crippen LogP contribution in [-0.4, -0.2) is 28.9 Å². The van der Waals surface area contributed by atoms with E-state index in [0.717, 1.165) is 12.1 Å². The predicted molar refractivity (Wildman–Crippen MR) is 88.0 cm³/mol. The molecule has 2 aromatic rings. The Hall–Kier alpha value is -2.44. The van der Waals surface area contributed by atoms with Crippen molar-refractivity contribution in [2.45, 2.75) is 31.1 Å². The van der Waals surface area contributed by atoms with Crippen molar-refractivity contribution in [3.05, 3.63) is 65.5 Å². The molecule has 2 heterocycles. The third-order valence-corrected chi connectivity index (χ3v) is 4.67. The molecule has 0 unspecified atom stereocenters. The molecule has 1 aromatic carbocycles. The zero-order valence-corrected chi connectivity index (χ0v) is 14.0. The molecule has 138 valence electrons. The van der Waals surface area contributed by atoms with Gasteiger partial charge in [-0.3, -0.25) is 9.78 Å². The Bertz CT molecular complexity index is 751. The second-order valence-electron chi connectivity index (χ2n) is 6.43. The predicted octanol–water partition coefficient (Wildman–Crippen LogP) is 4.13. The number of amides is 1. The van der Waals surface area contributed by atoms with Crippen molar-refractivity contribution in [1.29, 1.82) is 0 Å². The summed E-state index contributed by atoms with van der Waals surface area (Å²) in [7, 11) is 0. The van der Waals surface area contributed by atoms with Gasteiger partial charge in [0.1, 0.15) is 0 Å². The van der Waals surface area contributed by atoms with Crippen LogP contribution >= 0.6 is 0 Å². The van der Waals surface area contributed by atoms with Gasteiger partial charge in [-0.15, -0.1) is 0 Å². The van der Waals surface area contributed by atoms with Crippen LogP contribution in [0.3, 0.4) is 0 Å². The Morgan fingerprint density at radius 1 is 1.08 bits per heavy atom. The molecule has 1 fully saturated rings. The highest BCUT2D eigenvalue weighted by Crippen LogP contribution is 2.36. The molecule has 0 bridgehead atoms. The molecule has 0 saturated carbocycles. The number of aromatic nitrogens is 1. The first-order valence-electron chi connectivity index (χ1n) is 8.32. The lowest BCUT2D eigenvalue weighted by molar-refractivity contribution is -0.137. The molecule has 1 saturated heterocycles. The molecule has 1 aliphatic heterocycles. The number of piperidine rings is 1. The van der Waals surface area contributed by atoms with Crippen molar-refractivity contribution in [3.63, 3.8) is 0 Å². The highest BCUT2D eigenvalue weighted by atomic mass is 19.4. The van der Waals surface area contributed by atoms with Gasteiger partial charge >= 0.3 is 6.18 Å². The monoisotopic (exact) mass is 366 g/mol. The van der Waals surface area contributed by atoms with Crippen LogP contribution in [0.5, 0.6) is 0 Å². The quantitative estimate of drug-likeness (QED) is 0.766. The normalized spacial score (nSPS) is 17.2. The molecule has 26 heavy (non-hydrogen) atoms. The third-order valence-electron chi connectivity index (χ3n) is 4.67. The first kappa shape index (κ1) is 18.4. The Morgan fingerprint density at radius 2 is 1.73 bits per heavy atom. The van der Waals surface area contributed by atoms with Crippen molar-refractivity contribution in [2.24, 2.45) is 0 Å². The fraction of sp³-hybridized carbons (Fsp3) is 0.368. The molecule has 0 spiro atoms. The maximum absolute atomic E-state index is 15.0. The standard InChI is InChI=1S/C19H18F4N2O/c20-18(16-3-1-2-10-24-16)8-11-25(12-9-18)17(26)13-14-4-6-15(7-5-14)19(21,22)23/h1-7,10H,8-9,11-13H2. The smallest absolute Gasteiger partial charge is 0.342 e. The van der Waals surface area contributed by atoms with Gasteiger partial charge in [0.25, 0.3) is 0 Å². The fourth-order valence-corrected chi connectivity index (χ4v) is 3.09. The van der Waals surface area contributed by atoms with E-state index >= 15 is 4.39 Å². The van der Waals surface area contributed by atoms with Gasteiger partial charge < -0.3 is 4.90 Å². The van der Waals surface area contributed by atoms with Crippen LogP contribution < -0.4 is 0 Å². The molecule has 1 aromatic heterocycles. The second-order valence-corrected chi connectivity index (χ2v) is 6.43. The number of pyridine rings is 1. The highest BCUT2D eigenvalue weighted by Gasteiger charge is 2.38. The highest BCUT2D eigenvalue weighted by molar-refractivity contribution is 5.78. The summed E-state index contributed by atoms with van der Waals surface area (Å²) >= 11 is 0.